The van der Waals surface area contributed by atoms with E-state index in [9.17, 15) is 40.2 Å². The summed E-state index contributed by atoms with van der Waals surface area (Å²) in [6, 6.07) is 15.8. The molecule has 8 N–H and O–H groups in total. The van der Waals surface area contributed by atoms with Gasteiger partial charge >= 0.3 is 11.9 Å². The minimum atomic E-state index is -1.66. The number of Topliss-reactive ketones (excluding diaryl/α,β-unsaturated/α-hetero) is 1. The van der Waals surface area contributed by atoms with Gasteiger partial charge in [-0.15, -0.1) is 0 Å². The lowest BCUT2D eigenvalue weighted by Crippen LogP contribution is -2.71. The fraction of sp³-hybridized carbons (Fsp3) is 0.645. The van der Waals surface area contributed by atoms with Crippen LogP contribution in [-0.4, -0.2) is 111 Å². The van der Waals surface area contributed by atoms with Crippen LogP contribution >= 0.6 is 0 Å². The number of aliphatic hydroxyl groups is 5. The van der Waals surface area contributed by atoms with Crippen LogP contribution in [0.3, 0.4) is 0 Å². The first kappa shape index (κ1) is 61.9. The van der Waals surface area contributed by atoms with E-state index in [1.807, 2.05) is 43.4 Å². The molecule has 1 spiro atoms. The minimum absolute atomic E-state index is 0.0156. The number of rotatable bonds is 4. The van der Waals surface area contributed by atoms with E-state index in [4.69, 9.17) is 14.2 Å². The summed E-state index contributed by atoms with van der Waals surface area (Å²) in [5.74, 6) is 11.5. The predicted octanol–water partition coefficient (Wildman–Crippen LogP) is 10.1. The number of hydrogen-bond donors (Lipinski definition) is 8. The lowest BCUT2D eigenvalue weighted by molar-refractivity contribution is -0.265. The van der Waals surface area contributed by atoms with Gasteiger partial charge in [0.05, 0.1) is 42.7 Å². The summed E-state index contributed by atoms with van der Waals surface area (Å²) in [5.41, 5.74) is 1.26. The SMILES string of the molecule is CNC[C@@H]1CC[C@@]2(C#CC3CCC(CC3)OC[C@@H](O)[C@](C)(O)CNc3cc(cc([C@H]4C#C[C@@H]5CC(=O)Oc6c5cc(c(O)c6C5CCCCC5)C[C@H]5OC(=O)/C(=C\[C@H](O)Cc6cccc(c6)C[C@H]6C(=O)C[C@H]7CC[C@@H]8[C@@H]9CCCC[C@H]9[C@]5(O)[C@H]7[C@H]86)C4)c3)[C@H]2O)C1. The molecule has 12 aliphatic rings. The summed E-state index contributed by atoms with van der Waals surface area (Å²) in [5, 5.41) is 84.1. The maximum absolute atomic E-state index is 16.3. The van der Waals surface area contributed by atoms with Crippen molar-refractivity contribution in [2.75, 3.05) is 32.1 Å². The molecule has 16 bridgehead atoms. The number of esters is 2. The topological polar surface area (TPSA) is 224 Å². The molecule has 5 aliphatic heterocycles. The van der Waals surface area contributed by atoms with Gasteiger partial charge in [0.1, 0.15) is 40.7 Å². The highest BCUT2D eigenvalue weighted by molar-refractivity contribution is 5.89. The largest absolute Gasteiger partial charge is 0.507 e. The molecular formula is C76H94N2O12. The fourth-order valence-corrected chi connectivity index (χ4v) is 20.0. The Hall–Kier alpha value is -5.55. The lowest BCUT2D eigenvalue weighted by Gasteiger charge is -2.66. The molecule has 0 unspecified atom stereocenters. The summed E-state index contributed by atoms with van der Waals surface area (Å²) in [4.78, 5) is 45.4. The Bertz CT molecular complexity index is 3410. The Balaban J connectivity index is 0.974. The molecule has 0 radical (unpaired) electrons. The van der Waals surface area contributed by atoms with E-state index >= 15 is 4.79 Å². The predicted molar refractivity (Wildman–Crippen MR) is 340 cm³/mol. The van der Waals surface area contributed by atoms with Gasteiger partial charge in [0, 0.05) is 65.9 Å². The Kier molecular flexibility index (Phi) is 17.2. The number of anilines is 1. The normalized spacial score (nSPS) is 39.9. The molecule has 14 nitrogen and oxygen atoms in total. The molecule has 0 saturated heterocycles. The van der Waals surface area contributed by atoms with Crippen LogP contribution in [0.5, 0.6) is 11.5 Å². The zero-order valence-corrected chi connectivity index (χ0v) is 52.7. The number of ketones is 1. The van der Waals surface area contributed by atoms with Crippen LogP contribution in [0.1, 0.15) is 205 Å². The van der Waals surface area contributed by atoms with E-state index in [0.29, 0.717) is 64.9 Å². The average Bonchev–Trinajstić information content (AvgIpc) is 0.751. The number of fused-ring (bicyclic) bond motifs is 17. The van der Waals surface area contributed by atoms with E-state index in [0.717, 1.165) is 120 Å². The summed E-state index contributed by atoms with van der Waals surface area (Å²) < 4.78 is 19.9. The summed E-state index contributed by atoms with van der Waals surface area (Å²) in [6.45, 7) is 2.20. The maximum Gasteiger partial charge on any atom is 0.334 e. The van der Waals surface area contributed by atoms with Crippen LogP contribution in [0.25, 0.3) is 0 Å². The van der Waals surface area contributed by atoms with Crippen molar-refractivity contribution in [1.82, 2.24) is 5.32 Å². The van der Waals surface area contributed by atoms with Gasteiger partial charge in [-0.05, 0) is 216 Å². The van der Waals surface area contributed by atoms with Crippen molar-refractivity contribution in [3.05, 3.63) is 99.1 Å². The molecule has 7 saturated carbocycles. The van der Waals surface area contributed by atoms with Gasteiger partial charge in [0.2, 0.25) is 0 Å². The Morgan fingerprint density at radius 1 is 0.756 bits per heavy atom. The number of aliphatic hydroxyl groups excluding tert-OH is 3. The molecule has 17 atom stereocenters. The van der Waals surface area contributed by atoms with Crippen molar-refractivity contribution >= 4 is 23.4 Å². The molecule has 480 valence electrons. The number of carbonyl (C=O) groups excluding carboxylic acids is 3. The van der Waals surface area contributed by atoms with Crippen molar-refractivity contribution in [2.45, 2.75) is 220 Å². The quantitative estimate of drug-likeness (QED) is 0.0692. The first-order valence-electron chi connectivity index (χ1n) is 34.7. The van der Waals surface area contributed by atoms with E-state index in [-0.39, 0.29) is 115 Å². The second-order valence-electron chi connectivity index (χ2n) is 30.2. The van der Waals surface area contributed by atoms with E-state index in [1.165, 1.54) is 0 Å². The maximum atomic E-state index is 16.3. The number of aromatic hydroxyl groups is 1. The van der Waals surface area contributed by atoms with E-state index in [1.54, 1.807) is 13.0 Å². The van der Waals surface area contributed by atoms with Gasteiger partial charge in [-0.25, -0.2) is 4.79 Å². The van der Waals surface area contributed by atoms with Gasteiger partial charge in [-0.3, -0.25) is 9.59 Å². The van der Waals surface area contributed by atoms with E-state index < -0.39 is 70.7 Å². The third-order valence-electron chi connectivity index (χ3n) is 24.5. The highest BCUT2D eigenvalue weighted by atomic mass is 16.6. The average molecular weight is 1230 g/mol. The first-order valence-corrected chi connectivity index (χ1v) is 34.7. The van der Waals surface area contributed by atoms with Gasteiger partial charge in [0.25, 0.3) is 0 Å². The van der Waals surface area contributed by atoms with Crippen LogP contribution in [-0.2, 0) is 43.1 Å². The van der Waals surface area contributed by atoms with Crippen molar-refractivity contribution in [2.24, 2.45) is 58.7 Å². The monoisotopic (exact) mass is 1230 g/mol. The molecule has 3 aromatic rings. The van der Waals surface area contributed by atoms with Crippen molar-refractivity contribution < 1.29 is 59.2 Å². The fourth-order valence-electron chi connectivity index (χ4n) is 20.0. The second-order valence-corrected chi connectivity index (χ2v) is 30.2. The number of ether oxygens (including phenoxy) is 3. The molecule has 7 aliphatic carbocycles. The van der Waals surface area contributed by atoms with Crippen LogP contribution in [0.4, 0.5) is 5.69 Å². The Labute approximate surface area is 531 Å². The third-order valence-corrected chi connectivity index (χ3v) is 24.5. The van der Waals surface area contributed by atoms with Gasteiger partial charge < -0.3 is 55.5 Å². The first-order chi connectivity index (χ1) is 43.4. The van der Waals surface area contributed by atoms with Gasteiger partial charge in [-0.1, -0.05) is 86.1 Å². The number of carbonyl (C=O) groups is 3. The zero-order valence-electron chi connectivity index (χ0n) is 52.7. The van der Waals surface area contributed by atoms with Crippen LogP contribution in [0.2, 0.25) is 0 Å². The molecule has 5 heterocycles. The van der Waals surface area contributed by atoms with Crippen molar-refractivity contribution in [3.63, 3.8) is 0 Å². The minimum Gasteiger partial charge on any atom is -0.507 e. The summed E-state index contributed by atoms with van der Waals surface area (Å²) >= 11 is 0. The molecule has 15 rings (SSSR count). The Morgan fingerprint density at radius 3 is 2.33 bits per heavy atom. The highest BCUT2D eigenvalue weighted by Crippen LogP contribution is 2.66. The Morgan fingerprint density at radius 2 is 1.52 bits per heavy atom. The van der Waals surface area contributed by atoms with E-state index in [2.05, 4.69) is 46.4 Å². The number of phenols is 1. The smallest absolute Gasteiger partial charge is 0.334 e. The molecule has 90 heavy (non-hydrogen) atoms. The standard InChI is InChI=1S/C76H94N2O12/c1-74(86)42-78-55-32-51(31-53(33-55)72(84)75(26-24-46(39-75)40-77-2)25-23-43-15-20-57(21-16-43)88-41-64(74)81)48-17-18-49-38-66(82)90-71-60(49)35-52(70(83)67(71)47-11-4-3-5-12-47)37-65-76(87)62-14-7-6-13-58(62)59-22-19-50-36-63(80)61(68(59)69(50)76)29-45-10-8-9-44(27-45)28-56(79)34-54(30-48)73(85)89-65/h8-10,27,31-35,43,46-50,56-59,61-62,64-65,68-69,72,77-79,81,83-84,86-87H,3-7,11-16,19-22,24,26,28-30,36-42H2,1-2H3/b54-34-/t43?,46-,48+,49-,50-,56-,57?,58+,59-,61+,62-,64-,65-,68-,69-,72-,74-,75+,76-/m1/s1. The van der Waals surface area contributed by atoms with Crippen molar-refractivity contribution in [3.8, 4) is 35.2 Å². The molecule has 0 aromatic heterocycles. The third kappa shape index (κ3) is 11.7. The van der Waals surface area contributed by atoms with Gasteiger partial charge in [0.15, 0.2) is 0 Å². The number of phenolic OH excluding ortho intramolecular Hbond substituents is 1. The number of nitrogens with one attached hydrogen (secondary N) is 2. The molecule has 7 fully saturated rings. The highest BCUT2D eigenvalue weighted by Gasteiger charge is 2.69. The van der Waals surface area contributed by atoms with Crippen molar-refractivity contribution in [1.29, 1.82) is 0 Å². The lowest BCUT2D eigenvalue weighted by atomic mass is 9.40. The number of benzene rings is 3. The van der Waals surface area contributed by atoms with Crippen LogP contribution < -0.4 is 15.4 Å². The summed E-state index contributed by atoms with van der Waals surface area (Å²) in [6.07, 6.45) is 12.6. The molecule has 14 heteroatoms. The van der Waals surface area contributed by atoms with Gasteiger partial charge in [-0.2, -0.15) is 0 Å². The van der Waals surface area contributed by atoms with Crippen LogP contribution in [0.15, 0.2) is 60.2 Å². The molecular weight excluding hydrogens is 1130 g/mol. The molecule has 0 amide bonds. The second kappa shape index (κ2) is 25.1. The number of hydrogen-bond acceptors (Lipinski definition) is 14. The zero-order chi connectivity index (χ0) is 62.2. The molecule has 3 aromatic carbocycles. The van der Waals surface area contributed by atoms with Crippen LogP contribution in [0, 0.1) is 82.4 Å². The summed E-state index contributed by atoms with van der Waals surface area (Å²) in [7, 11) is 1.95.